The molecule has 2 N–H and O–H groups in total. The molecule has 7 heteroatoms. The number of amides is 2. The number of hydrogen-bond acceptors (Lipinski definition) is 4. The number of nitrogens with one attached hydrogen (secondary N) is 1. The lowest BCUT2D eigenvalue weighted by Crippen LogP contribution is -2.46. The highest BCUT2D eigenvalue weighted by molar-refractivity contribution is 5.86. The molecule has 0 bridgehead atoms. The molecule has 0 saturated carbocycles. The van der Waals surface area contributed by atoms with Gasteiger partial charge < -0.3 is 20.1 Å². The third-order valence-corrected chi connectivity index (χ3v) is 6.29. The molecule has 2 aromatic rings. The maximum Gasteiger partial charge on any atom is 0.407 e. The number of ether oxygens (including phenoxy) is 1. The van der Waals surface area contributed by atoms with E-state index in [1.54, 1.807) is 6.92 Å². The Kier molecular flexibility index (Phi) is 5.67. The van der Waals surface area contributed by atoms with Gasteiger partial charge in [0.15, 0.2) is 0 Å². The molecule has 31 heavy (non-hydrogen) atoms. The Morgan fingerprint density at radius 3 is 2.19 bits per heavy atom. The van der Waals surface area contributed by atoms with Gasteiger partial charge in [0.05, 0.1) is 5.92 Å². The van der Waals surface area contributed by atoms with Crippen molar-refractivity contribution in [3.63, 3.8) is 0 Å². The highest BCUT2D eigenvalue weighted by atomic mass is 16.5. The maximum atomic E-state index is 12.6. The zero-order valence-corrected chi connectivity index (χ0v) is 17.6. The number of aliphatic carboxylic acids is 1. The summed E-state index contributed by atoms with van der Waals surface area (Å²) in [5.41, 5.74) is 4.52. The van der Waals surface area contributed by atoms with E-state index in [9.17, 15) is 19.5 Å². The van der Waals surface area contributed by atoms with E-state index in [1.807, 2.05) is 43.3 Å². The number of hydrogen-bond donors (Lipinski definition) is 2. The van der Waals surface area contributed by atoms with Gasteiger partial charge in [-0.3, -0.25) is 9.59 Å². The molecule has 2 aromatic carbocycles. The summed E-state index contributed by atoms with van der Waals surface area (Å²) in [7, 11) is 0. The van der Waals surface area contributed by atoms with Crippen molar-refractivity contribution >= 4 is 18.0 Å². The van der Waals surface area contributed by atoms with Crippen molar-refractivity contribution in [3.8, 4) is 11.1 Å². The third kappa shape index (κ3) is 4.00. The molecular formula is C24H26N2O5. The lowest BCUT2D eigenvalue weighted by molar-refractivity contribution is -0.142. The standard InChI is InChI=1S/C24H26N2O5/c1-14-11-26(12-20(14)23(28)29)22(27)15(2)25-24(30)31-13-21-18-9-5-3-7-16(18)17-8-4-6-10-19(17)21/h3-10,14-15,20-21H,11-13H2,1-2H3,(H,25,30)(H,28,29)/t14-,15+,20-/m0/s1. The van der Waals surface area contributed by atoms with Crippen molar-refractivity contribution < 1.29 is 24.2 Å². The van der Waals surface area contributed by atoms with Gasteiger partial charge in [0.25, 0.3) is 0 Å². The van der Waals surface area contributed by atoms with Gasteiger partial charge in [-0.25, -0.2) is 4.79 Å². The second kappa shape index (κ2) is 8.41. The van der Waals surface area contributed by atoms with E-state index >= 15 is 0 Å². The predicted octanol–water partition coefficient (Wildman–Crippen LogP) is 3.09. The summed E-state index contributed by atoms with van der Waals surface area (Å²) in [6.07, 6.45) is -0.662. The van der Waals surface area contributed by atoms with Crippen molar-refractivity contribution in [2.24, 2.45) is 11.8 Å². The molecule has 0 unspecified atom stereocenters. The fourth-order valence-corrected chi connectivity index (χ4v) is 4.62. The van der Waals surface area contributed by atoms with Gasteiger partial charge >= 0.3 is 12.1 Å². The minimum atomic E-state index is -0.903. The van der Waals surface area contributed by atoms with E-state index in [-0.39, 0.29) is 30.9 Å². The van der Waals surface area contributed by atoms with Gasteiger partial charge in [-0.1, -0.05) is 55.5 Å². The SMILES string of the molecule is C[C@@H](NC(=O)OCC1c2ccccc2-c2ccccc21)C(=O)N1C[C@H](C(=O)O)[C@@H](C)C1. The Labute approximate surface area is 181 Å². The number of alkyl carbamates (subject to hydrolysis) is 1. The Morgan fingerprint density at radius 2 is 1.65 bits per heavy atom. The van der Waals surface area contributed by atoms with Crippen LogP contribution in [0.5, 0.6) is 0 Å². The first-order valence-corrected chi connectivity index (χ1v) is 10.5. The van der Waals surface area contributed by atoms with Crippen LogP contribution < -0.4 is 5.32 Å². The maximum absolute atomic E-state index is 12.6. The van der Waals surface area contributed by atoms with Gasteiger partial charge in [0.1, 0.15) is 12.6 Å². The van der Waals surface area contributed by atoms with Crippen LogP contribution >= 0.6 is 0 Å². The van der Waals surface area contributed by atoms with Gasteiger partial charge in [-0.05, 0) is 35.1 Å². The lowest BCUT2D eigenvalue weighted by Gasteiger charge is -2.22. The number of fused-ring (bicyclic) bond motifs is 3. The van der Waals surface area contributed by atoms with Crippen molar-refractivity contribution in [2.45, 2.75) is 25.8 Å². The molecule has 4 rings (SSSR count). The van der Waals surface area contributed by atoms with Gasteiger partial charge in [-0.2, -0.15) is 0 Å². The number of carbonyl (C=O) groups is 3. The summed E-state index contributed by atoms with van der Waals surface area (Å²) in [5, 5.41) is 11.8. The van der Waals surface area contributed by atoms with Gasteiger partial charge in [-0.15, -0.1) is 0 Å². The van der Waals surface area contributed by atoms with E-state index in [2.05, 4.69) is 17.4 Å². The fourth-order valence-electron chi connectivity index (χ4n) is 4.62. The average Bonchev–Trinajstić information content (AvgIpc) is 3.30. The largest absolute Gasteiger partial charge is 0.481 e. The van der Waals surface area contributed by atoms with Crippen LogP contribution in [0.2, 0.25) is 0 Å². The number of carboxylic acid groups (broad SMARTS) is 1. The van der Waals surface area contributed by atoms with Crippen LogP contribution in [0.15, 0.2) is 48.5 Å². The summed E-state index contributed by atoms with van der Waals surface area (Å²) in [4.78, 5) is 37.8. The van der Waals surface area contributed by atoms with Gasteiger partial charge in [0.2, 0.25) is 5.91 Å². The second-order valence-electron chi connectivity index (χ2n) is 8.36. The monoisotopic (exact) mass is 422 g/mol. The minimum Gasteiger partial charge on any atom is -0.481 e. The predicted molar refractivity (Wildman–Crippen MR) is 115 cm³/mol. The van der Waals surface area contributed by atoms with Crippen LogP contribution in [-0.2, 0) is 14.3 Å². The minimum absolute atomic E-state index is 0.0556. The molecule has 1 saturated heterocycles. The quantitative estimate of drug-likeness (QED) is 0.772. The van der Waals surface area contributed by atoms with Crippen molar-refractivity contribution in [1.82, 2.24) is 10.2 Å². The zero-order chi connectivity index (χ0) is 22.1. The highest BCUT2D eigenvalue weighted by Gasteiger charge is 2.38. The van der Waals surface area contributed by atoms with Crippen LogP contribution in [0.4, 0.5) is 4.79 Å². The first-order valence-electron chi connectivity index (χ1n) is 10.5. The summed E-state index contributed by atoms with van der Waals surface area (Å²) >= 11 is 0. The Hall–Kier alpha value is -3.35. The molecule has 0 aromatic heterocycles. The topological polar surface area (TPSA) is 95.9 Å². The van der Waals surface area contributed by atoms with E-state index < -0.39 is 24.0 Å². The molecular weight excluding hydrogens is 396 g/mol. The summed E-state index contributed by atoms with van der Waals surface area (Å²) in [6, 6.07) is 15.4. The molecule has 2 amide bonds. The van der Waals surface area contributed by atoms with Crippen molar-refractivity contribution in [1.29, 1.82) is 0 Å². The lowest BCUT2D eigenvalue weighted by atomic mass is 9.98. The molecule has 1 aliphatic carbocycles. The second-order valence-corrected chi connectivity index (χ2v) is 8.36. The third-order valence-electron chi connectivity index (χ3n) is 6.29. The molecule has 162 valence electrons. The molecule has 1 heterocycles. The van der Waals surface area contributed by atoms with Crippen LogP contribution in [0.25, 0.3) is 11.1 Å². The Bertz CT molecular complexity index is 975. The summed E-state index contributed by atoms with van der Waals surface area (Å²) in [6.45, 7) is 4.10. The smallest absolute Gasteiger partial charge is 0.407 e. The van der Waals surface area contributed by atoms with E-state index in [1.165, 1.54) is 4.90 Å². The Balaban J connectivity index is 1.36. The zero-order valence-electron chi connectivity index (χ0n) is 17.6. The van der Waals surface area contributed by atoms with E-state index in [0.29, 0.717) is 6.54 Å². The molecule has 3 atom stereocenters. The van der Waals surface area contributed by atoms with Crippen molar-refractivity contribution in [3.05, 3.63) is 59.7 Å². The highest BCUT2D eigenvalue weighted by Crippen LogP contribution is 2.44. The van der Waals surface area contributed by atoms with E-state index in [0.717, 1.165) is 22.3 Å². The summed E-state index contributed by atoms with van der Waals surface area (Å²) < 4.78 is 5.49. The number of carbonyl (C=O) groups excluding carboxylic acids is 2. The number of nitrogens with zero attached hydrogens (tertiary/aromatic N) is 1. The van der Waals surface area contributed by atoms with Crippen LogP contribution in [0.1, 0.15) is 30.9 Å². The number of carboxylic acids is 1. The summed E-state index contributed by atoms with van der Waals surface area (Å²) in [5.74, 6) is -1.96. The van der Waals surface area contributed by atoms with Crippen LogP contribution in [-0.4, -0.2) is 53.7 Å². The molecule has 2 aliphatic rings. The fraction of sp³-hybridized carbons (Fsp3) is 0.375. The molecule has 1 fully saturated rings. The Morgan fingerprint density at radius 1 is 1.06 bits per heavy atom. The van der Waals surface area contributed by atoms with Gasteiger partial charge in [0, 0.05) is 19.0 Å². The number of rotatable bonds is 5. The first kappa shape index (κ1) is 20.9. The van der Waals surface area contributed by atoms with Crippen molar-refractivity contribution in [2.75, 3.05) is 19.7 Å². The van der Waals surface area contributed by atoms with Crippen LogP contribution in [0.3, 0.4) is 0 Å². The molecule has 7 nitrogen and oxygen atoms in total. The first-order chi connectivity index (χ1) is 14.9. The normalized spacial score (nSPS) is 20.6. The molecule has 0 radical (unpaired) electrons. The molecule has 1 aliphatic heterocycles. The van der Waals surface area contributed by atoms with Crippen LogP contribution in [0, 0.1) is 11.8 Å². The molecule has 0 spiro atoms. The number of likely N-dealkylation sites (tertiary alicyclic amines) is 1. The number of benzene rings is 2. The average molecular weight is 422 g/mol. The van der Waals surface area contributed by atoms with E-state index in [4.69, 9.17) is 4.74 Å².